The maximum absolute atomic E-state index is 11.4. The summed E-state index contributed by atoms with van der Waals surface area (Å²) in [6.07, 6.45) is 11.7. The zero-order chi connectivity index (χ0) is 20.1. The van der Waals surface area contributed by atoms with E-state index in [1.165, 1.54) is 38.5 Å². The molecule has 0 aromatic rings. The number of Topliss-reactive ketones (excluding diaryl/α,β-unsaturated/α-hetero) is 1. The van der Waals surface area contributed by atoms with Crippen LogP contribution in [0.5, 0.6) is 0 Å². The summed E-state index contributed by atoms with van der Waals surface area (Å²) < 4.78 is 0. The average Bonchev–Trinajstić information content (AvgIpc) is 3.12. The summed E-state index contributed by atoms with van der Waals surface area (Å²) in [7, 11) is 0. The van der Waals surface area contributed by atoms with E-state index in [2.05, 4.69) is 49.0 Å². The molecule has 1 rings (SSSR count). The van der Waals surface area contributed by atoms with Crippen LogP contribution in [0.3, 0.4) is 0 Å². The molecule has 1 aliphatic rings. The van der Waals surface area contributed by atoms with E-state index < -0.39 is 0 Å². The number of ketones is 1. The van der Waals surface area contributed by atoms with Gasteiger partial charge in [0.25, 0.3) is 0 Å². The van der Waals surface area contributed by atoms with Gasteiger partial charge in [-0.2, -0.15) is 0 Å². The summed E-state index contributed by atoms with van der Waals surface area (Å²) in [5.41, 5.74) is 1.38. The first-order valence-electron chi connectivity index (χ1n) is 10.9. The van der Waals surface area contributed by atoms with Crippen molar-refractivity contribution in [2.45, 2.75) is 78.2 Å². The highest BCUT2D eigenvalue weighted by Crippen LogP contribution is 2.46. The molecule has 0 aromatic carbocycles. The van der Waals surface area contributed by atoms with Crippen molar-refractivity contribution in [1.82, 2.24) is 16.0 Å². The molecule has 1 saturated carbocycles. The van der Waals surface area contributed by atoms with E-state index in [0.29, 0.717) is 18.5 Å². The van der Waals surface area contributed by atoms with Crippen LogP contribution in [-0.2, 0) is 4.79 Å². The molecule has 0 radical (unpaired) electrons. The van der Waals surface area contributed by atoms with Crippen LogP contribution in [0.1, 0.15) is 72.1 Å². The third-order valence-electron chi connectivity index (χ3n) is 6.10. The van der Waals surface area contributed by atoms with E-state index in [1.54, 1.807) is 6.92 Å². The number of carbonyl (C=O) groups excluding carboxylic acids is 1. The van der Waals surface area contributed by atoms with Crippen molar-refractivity contribution < 1.29 is 4.79 Å². The van der Waals surface area contributed by atoms with Crippen molar-refractivity contribution in [3.63, 3.8) is 0 Å². The molecular weight excluding hydrogens is 334 g/mol. The summed E-state index contributed by atoms with van der Waals surface area (Å²) in [6.45, 7) is 17.8. The Morgan fingerprint density at radius 1 is 1.26 bits per heavy atom. The van der Waals surface area contributed by atoms with Gasteiger partial charge >= 0.3 is 0 Å². The van der Waals surface area contributed by atoms with Crippen LogP contribution in [-0.4, -0.2) is 38.0 Å². The van der Waals surface area contributed by atoms with Gasteiger partial charge in [-0.3, -0.25) is 4.79 Å². The summed E-state index contributed by atoms with van der Waals surface area (Å²) >= 11 is 0. The minimum atomic E-state index is 0.209. The van der Waals surface area contributed by atoms with Crippen LogP contribution >= 0.6 is 0 Å². The highest BCUT2D eigenvalue weighted by molar-refractivity contribution is 5.77. The molecule has 2 unspecified atom stereocenters. The van der Waals surface area contributed by atoms with E-state index in [9.17, 15) is 4.79 Å². The van der Waals surface area contributed by atoms with Crippen molar-refractivity contribution in [2.24, 2.45) is 11.3 Å². The first kappa shape index (κ1) is 23.9. The molecule has 0 spiro atoms. The number of unbranched alkanes of at least 4 members (excludes halogenated alkanes) is 1. The molecule has 2 atom stereocenters. The zero-order valence-corrected chi connectivity index (χ0v) is 18.0. The fourth-order valence-electron chi connectivity index (χ4n) is 4.20. The van der Waals surface area contributed by atoms with Gasteiger partial charge in [-0.15, -0.1) is 6.58 Å². The highest BCUT2D eigenvalue weighted by atomic mass is 16.1. The normalized spacial score (nSPS) is 18.0. The number of rotatable bonds is 16. The molecule has 0 heterocycles. The molecule has 0 aliphatic heterocycles. The first-order chi connectivity index (χ1) is 12.9. The van der Waals surface area contributed by atoms with Crippen LogP contribution in [0.2, 0.25) is 0 Å². The Labute approximate surface area is 167 Å². The number of hydrogen-bond acceptors (Lipinski definition) is 4. The largest absolute Gasteiger partial charge is 0.388 e. The number of nitrogens with one attached hydrogen (secondary N) is 3. The fourth-order valence-corrected chi connectivity index (χ4v) is 4.20. The van der Waals surface area contributed by atoms with Crippen molar-refractivity contribution in [3.05, 3.63) is 24.9 Å². The molecule has 0 amide bonds. The Balaban J connectivity index is 2.45. The van der Waals surface area contributed by atoms with Crippen LogP contribution < -0.4 is 16.0 Å². The Hall–Kier alpha value is -1.13. The molecule has 1 aliphatic carbocycles. The Kier molecular flexibility index (Phi) is 11.6. The second-order valence-electron chi connectivity index (χ2n) is 8.41. The lowest BCUT2D eigenvalue weighted by molar-refractivity contribution is -0.116. The van der Waals surface area contributed by atoms with E-state index >= 15 is 0 Å². The average molecular weight is 378 g/mol. The van der Waals surface area contributed by atoms with Crippen molar-refractivity contribution in [1.29, 1.82) is 0 Å². The summed E-state index contributed by atoms with van der Waals surface area (Å²) in [5.74, 6) is 0.634. The quantitative estimate of drug-likeness (QED) is 0.279. The molecule has 0 aromatic heterocycles. The third-order valence-corrected chi connectivity index (χ3v) is 6.10. The molecule has 4 nitrogen and oxygen atoms in total. The summed E-state index contributed by atoms with van der Waals surface area (Å²) in [5, 5.41) is 10.5. The molecule has 156 valence electrons. The number of hydrogen-bond donors (Lipinski definition) is 3. The van der Waals surface area contributed by atoms with Gasteiger partial charge in [0.05, 0.1) is 6.54 Å². The van der Waals surface area contributed by atoms with Gasteiger partial charge in [0.15, 0.2) is 0 Å². The van der Waals surface area contributed by atoms with E-state index in [-0.39, 0.29) is 11.2 Å². The number of carbonyl (C=O) groups is 1. The van der Waals surface area contributed by atoms with Gasteiger partial charge < -0.3 is 16.0 Å². The van der Waals surface area contributed by atoms with Crippen molar-refractivity contribution >= 4 is 5.78 Å². The molecule has 4 heteroatoms. The third kappa shape index (κ3) is 9.07. The van der Waals surface area contributed by atoms with Crippen LogP contribution in [0.4, 0.5) is 0 Å². The monoisotopic (exact) mass is 377 g/mol. The van der Waals surface area contributed by atoms with Gasteiger partial charge in [0.2, 0.25) is 0 Å². The van der Waals surface area contributed by atoms with Crippen LogP contribution in [0, 0.1) is 11.3 Å². The van der Waals surface area contributed by atoms with Gasteiger partial charge in [0, 0.05) is 24.8 Å². The molecule has 0 saturated heterocycles. The van der Waals surface area contributed by atoms with Gasteiger partial charge in [-0.05, 0) is 63.8 Å². The second kappa shape index (κ2) is 13.1. The SMILES string of the molecule is C=CC(CNC(=C)CCNCCCC)CC1(C(C)NCC(C)=O)CCCC1. The molecule has 1 fully saturated rings. The Morgan fingerprint density at radius 2 is 1.96 bits per heavy atom. The van der Waals surface area contributed by atoms with Gasteiger partial charge in [-0.1, -0.05) is 38.8 Å². The lowest BCUT2D eigenvalue weighted by Gasteiger charge is -2.38. The van der Waals surface area contributed by atoms with Gasteiger partial charge in [-0.25, -0.2) is 0 Å². The first-order valence-corrected chi connectivity index (χ1v) is 10.9. The van der Waals surface area contributed by atoms with E-state index in [0.717, 1.165) is 38.2 Å². The minimum Gasteiger partial charge on any atom is -0.388 e. The maximum atomic E-state index is 11.4. The molecule has 3 N–H and O–H groups in total. The second-order valence-corrected chi connectivity index (χ2v) is 8.41. The van der Waals surface area contributed by atoms with Crippen LogP contribution in [0.15, 0.2) is 24.9 Å². The Bertz CT molecular complexity index is 455. The van der Waals surface area contributed by atoms with Crippen molar-refractivity contribution in [2.75, 3.05) is 26.2 Å². The van der Waals surface area contributed by atoms with E-state index in [4.69, 9.17) is 0 Å². The predicted octanol–water partition coefficient (Wildman–Crippen LogP) is 4.19. The smallest absolute Gasteiger partial charge is 0.143 e. The zero-order valence-electron chi connectivity index (χ0n) is 18.0. The summed E-state index contributed by atoms with van der Waals surface area (Å²) in [6, 6.07) is 0.359. The van der Waals surface area contributed by atoms with Crippen molar-refractivity contribution in [3.8, 4) is 0 Å². The van der Waals surface area contributed by atoms with Gasteiger partial charge in [0.1, 0.15) is 5.78 Å². The summed E-state index contributed by atoms with van der Waals surface area (Å²) in [4.78, 5) is 11.4. The topological polar surface area (TPSA) is 53.2 Å². The minimum absolute atomic E-state index is 0.209. The Morgan fingerprint density at radius 3 is 2.56 bits per heavy atom. The van der Waals surface area contributed by atoms with Crippen LogP contribution in [0.25, 0.3) is 0 Å². The molecular formula is C23H43N3O. The predicted molar refractivity (Wildman–Crippen MR) is 117 cm³/mol. The fraction of sp³-hybridized carbons (Fsp3) is 0.783. The lowest BCUT2D eigenvalue weighted by atomic mass is 9.72. The van der Waals surface area contributed by atoms with E-state index in [1.807, 2.05) is 0 Å². The standard InChI is InChI=1S/C23H43N3O/c1-6-8-14-24-15-11-19(3)25-18-22(7-2)16-23(12-9-10-13-23)21(5)26-17-20(4)27/h7,21-22,24-26H,2-3,6,8-18H2,1,4-5H3. The highest BCUT2D eigenvalue weighted by Gasteiger charge is 2.40. The molecule has 27 heavy (non-hydrogen) atoms. The molecule has 0 bridgehead atoms. The lowest BCUT2D eigenvalue weighted by Crippen LogP contribution is -2.45. The maximum Gasteiger partial charge on any atom is 0.143 e.